The lowest BCUT2D eigenvalue weighted by Gasteiger charge is -2.05. The number of ether oxygens (including phenoxy) is 2. The van der Waals surface area contributed by atoms with Crippen LogP contribution in [0.25, 0.3) is 11.3 Å². The Labute approximate surface area is 181 Å². The first-order valence-corrected chi connectivity index (χ1v) is 9.92. The van der Waals surface area contributed by atoms with E-state index >= 15 is 0 Å². The van der Waals surface area contributed by atoms with Crippen LogP contribution in [0, 0.1) is 0 Å². The molecular weight excluding hydrogens is 398 g/mol. The summed E-state index contributed by atoms with van der Waals surface area (Å²) in [5.41, 5.74) is 6.62. The van der Waals surface area contributed by atoms with Gasteiger partial charge in [0.1, 0.15) is 11.4 Å². The van der Waals surface area contributed by atoms with Gasteiger partial charge in [0.2, 0.25) is 0 Å². The minimum Gasteiger partial charge on any atom is -0.497 e. The molecule has 2 N–H and O–H groups in total. The molecule has 0 saturated carbocycles. The fraction of sp³-hybridized carbons (Fsp3) is 0.227. The number of nitrogens with zero attached hydrogens (tertiary/aromatic N) is 3. The lowest BCUT2D eigenvalue weighted by molar-refractivity contribution is 0.204. The van der Waals surface area contributed by atoms with Crippen LogP contribution in [-0.4, -0.2) is 48.5 Å². The van der Waals surface area contributed by atoms with E-state index in [1.54, 1.807) is 20.4 Å². The van der Waals surface area contributed by atoms with Crippen molar-refractivity contribution in [3.05, 3.63) is 71.9 Å². The summed E-state index contributed by atoms with van der Waals surface area (Å²) in [5.74, 6) is 0.773. The molecule has 0 spiro atoms. The van der Waals surface area contributed by atoms with Crippen molar-refractivity contribution in [2.75, 3.05) is 27.4 Å². The van der Waals surface area contributed by atoms with Gasteiger partial charge in [-0.25, -0.2) is 0 Å². The summed E-state index contributed by atoms with van der Waals surface area (Å²) in [6.45, 7) is 1.84. The topological polar surface area (TPSA) is 72.7 Å². The molecule has 0 radical (unpaired) electrons. The fourth-order valence-corrected chi connectivity index (χ4v) is 3.00. The Morgan fingerprint density at radius 3 is 2.77 bits per heavy atom. The summed E-state index contributed by atoms with van der Waals surface area (Å²) >= 11 is 5.20. The average molecular weight is 424 g/mol. The molecule has 0 saturated heterocycles. The van der Waals surface area contributed by atoms with Crippen molar-refractivity contribution >= 4 is 23.5 Å². The molecule has 2 aromatic carbocycles. The third kappa shape index (κ3) is 6.13. The SMILES string of the molecule is COCCNC(=S)N/N=C\c1cn(Cc2ccccc2)nc1-c1cccc(OC)c1. The van der Waals surface area contributed by atoms with E-state index in [1.165, 1.54) is 5.56 Å². The van der Waals surface area contributed by atoms with Crippen molar-refractivity contribution in [2.45, 2.75) is 6.54 Å². The van der Waals surface area contributed by atoms with Crippen molar-refractivity contribution in [3.63, 3.8) is 0 Å². The van der Waals surface area contributed by atoms with Crippen molar-refractivity contribution in [1.82, 2.24) is 20.5 Å². The van der Waals surface area contributed by atoms with Crippen molar-refractivity contribution in [2.24, 2.45) is 5.10 Å². The van der Waals surface area contributed by atoms with E-state index in [4.69, 9.17) is 26.8 Å². The second kappa shape index (κ2) is 11.1. The monoisotopic (exact) mass is 423 g/mol. The number of nitrogens with one attached hydrogen (secondary N) is 2. The maximum Gasteiger partial charge on any atom is 0.187 e. The summed E-state index contributed by atoms with van der Waals surface area (Å²) < 4.78 is 12.3. The lowest BCUT2D eigenvalue weighted by Crippen LogP contribution is -2.34. The molecule has 30 heavy (non-hydrogen) atoms. The van der Waals surface area contributed by atoms with E-state index < -0.39 is 0 Å². The number of aromatic nitrogens is 2. The number of benzene rings is 2. The molecule has 0 aliphatic heterocycles. The molecule has 1 heterocycles. The van der Waals surface area contributed by atoms with Crippen molar-refractivity contribution < 1.29 is 9.47 Å². The third-order valence-electron chi connectivity index (χ3n) is 4.28. The van der Waals surface area contributed by atoms with Gasteiger partial charge in [-0.1, -0.05) is 42.5 Å². The van der Waals surface area contributed by atoms with Gasteiger partial charge in [0, 0.05) is 31.0 Å². The zero-order valence-corrected chi connectivity index (χ0v) is 17.9. The predicted molar refractivity (Wildman–Crippen MR) is 123 cm³/mol. The quantitative estimate of drug-likeness (QED) is 0.239. The van der Waals surface area contributed by atoms with E-state index in [0.717, 1.165) is 22.6 Å². The van der Waals surface area contributed by atoms with Crippen LogP contribution in [0.5, 0.6) is 5.75 Å². The summed E-state index contributed by atoms with van der Waals surface area (Å²) in [6.07, 6.45) is 3.68. The van der Waals surface area contributed by atoms with E-state index in [9.17, 15) is 0 Å². The van der Waals surface area contributed by atoms with Gasteiger partial charge in [0.25, 0.3) is 0 Å². The normalized spacial score (nSPS) is 10.9. The predicted octanol–water partition coefficient (Wildman–Crippen LogP) is 3.05. The fourth-order valence-electron chi connectivity index (χ4n) is 2.84. The molecule has 0 atom stereocenters. The highest BCUT2D eigenvalue weighted by molar-refractivity contribution is 7.80. The van der Waals surface area contributed by atoms with Crippen LogP contribution in [0.2, 0.25) is 0 Å². The first-order chi connectivity index (χ1) is 14.7. The van der Waals surface area contributed by atoms with Crippen LogP contribution in [0.4, 0.5) is 0 Å². The van der Waals surface area contributed by atoms with Gasteiger partial charge in [-0.15, -0.1) is 0 Å². The highest BCUT2D eigenvalue weighted by Gasteiger charge is 2.11. The summed E-state index contributed by atoms with van der Waals surface area (Å²) in [6, 6.07) is 18.0. The smallest absolute Gasteiger partial charge is 0.187 e. The maximum atomic E-state index is 5.36. The number of methoxy groups -OCH3 is 2. The van der Waals surface area contributed by atoms with Crippen LogP contribution in [-0.2, 0) is 11.3 Å². The molecule has 7 nitrogen and oxygen atoms in total. The van der Waals surface area contributed by atoms with Gasteiger partial charge in [-0.05, 0) is 29.9 Å². The van der Waals surface area contributed by atoms with Crippen LogP contribution in [0.15, 0.2) is 65.9 Å². The highest BCUT2D eigenvalue weighted by atomic mass is 32.1. The third-order valence-corrected chi connectivity index (χ3v) is 4.52. The Bertz CT molecular complexity index is 988. The molecule has 8 heteroatoms. The molecule has 0 fully saturated rings. The van der Waals surface area contributed by atoms with Gasteiger partial charge in [-0.3, -0.25) is 10.1 Å². The molecule has 0 amide bonds. The van der Waals surface area contributed by atoms with E-state index in [-0.39, 0.29) is 0 Å². The second-order valence-electron chi connectivity index (χ2n) is 6.47. The second-order valence-corrected chi connectivity index (χ2v) is 6.88. The molecule has 156 valence electrons. The molecule has 3 rings (SSSR count). The van der Waals surface area contributed by atoms with Gasteiger partial charge in [0.05, 0.1) is 26.5 Å². The van der Waals surface area contributed by atoms with Crippen LogP contribution >= 0.6 is 12.2 Å². The Balaban J connectivity index is 1.82. The first-order valence-electron chi connectivity index (χ1n) is 9.51. The Hall–Kier alpha value is -3.23. The zero-order chi connectivity index (χ0) is 21.2. The molecule has 1 aromatic heterocycles. The summed E-state index contributed by atoms with van der Waals surface area (Å²) in [5, 5.41) is 12.5. The molecule has 0 unspecified atom stereocenters. The summed E-state index contributed by atoms with van der Waals surface area (Å²) in [7, 11) is 3.29. The van der Waals surface area contributed by atoms with E-state index in [0.29, 0.717) is 24.8 Å². The highest BCUT2D eigenvalue weighted by Crippen LogP contribution is 2.25. The zero-order valence-electron chi connectivity index (χ0n) is 17.0. The number of thiocarbonyl (C=S) groups is 1. The molecular formula is C22H25N5O2S. The van der Waals surface area contributed by atoms with Crippen LogP contribution < -0.4 is 15.5 Å². The molecule has 0 aliphatic rings. The average Bonchev–Trinajstić information content (AvgIpc) is 3.17. The first kappa shape index (κ1) is 21.5. The number of hydrogen-bond donors (Lipinski definition) is 2. The number of hydrogen-bond acceptors (Lipinski definition) is 5. The minimum atomic E-state index is 0.433. The maximum absolute atomic E-state index is 5.36. The largest absolute Gasteiger partial charge is 0.497 e. The Morgan fingerprint density at radius 2 is 2.00 bits per heavy atom. The molecule has 0 bridgehead atoms. The standard InChI is InChI=1S/C22H25N5O2S/c1-28-12-11-23-22(30)25-24-14-19-16-27(15-17-7-4-3-5-8-17)26-21(19)18-9-6-10-20(13-18)29-2/h3-10,13-14,16H,11-12,15H2,1-2H3,(H2,23,25,30)/b24-14-. The van der Waals surface area contributed by atoms with Gasteiger partial charge in [0.15, 0.2) is 5.11 Å². The van der Waals surface area contributed by atoms with Crippen LogP contribution in [0.3, 0.4) is 0 Å². The van der Waals surface area contributed by atoms with Gasteiger partial charge >= 0.3 is 0 Å². The molecule has 3 aromatic rings. The molecule has 0 aliphatic carbocycles. The number of hydrazone groups is 1. The number of rotatable bonds is 9. The Morgan fingerprint density at radius 1 is 1.17 bits per heavy atom. The van der Waals surface area contributed by atoms with Crippen LogP contribution in [0.1, 0.15) is 11.1 Å². The van der Waals surface area contributed by atoms with Crippen molar-refractivity contribution in [3.8, 4) is 17.0 Å². The van der Waals surface area contributed by atoms with E-state index in [1.807, 2.05) is 53.3 Å². The Kier molecular flexibility index (Phi) is 7.94. The summed E-state index contributed by atoms with van der Waals surface area (Å²) in [4.78, 5) is 0. The van der Waals surface area contributed by atoms with Gasteiger partial charge < -0.3 is 14.8 Å². The van der Waals surface area contributed by atoms with E-state index in [2.05, 4.69) is 28.0 Å². The minimum absolute atomic E-state index is 0.433. The lowest BCUT2D eigenvalue weighted by atomic mass is 10.1. The van der Waals surface area contributed by atoms with Gasteiger partial charge in [-0.2, -0.15) is 10.2 Å². The van der Waals surface area contributed by atoms with Crippen molar-refractivity contribution in [1.29, 1.82) is 0 Å².